The third-order valence-electron chi connectivity index (χ3n) is 5.27. The summed E-state index contributed by atoms with van der Waals surface area (Å²) in [5.41, 5.74) is 0.236. The van der Waals surface area contributed by atoms with E-state index in [1.807, 2.05) is 0 Å². The number of esters is 1. The van der Waals surface area contributed by atoms with Crippen LogP contribution in [0.2, 0.25) is 0 Å². The zero-order valence-electron chi connectivity index (χ0n) is 16.6. The average molecular weight is 432 g/mol. The van der Waals surface area contributed by atoms with Crippen molar-refractivity contribution in [2.45, 2.75) is 25.1 Å². The number of carbonyl (C=O) groups is 3. The highest BCUT2D eigenvalue weighted by Gasteiger charge is 2.47. The first-order valence-corrected chi connectivity index (χ1v) is 9.38. The number of hydrogen-bond acceptors (Lipinski definition) is 6. The monoisotopic (exact) mass is 432 g/mol. The molecule has 4 rings (SSSR count). The molecule has 2 heterocycles. The van der Waals surface area contributed by atoms with E-state index in [-0.39, 0.29) is 29.8 Å². The van der Waals surface area contributed by atoms with E-state index in [4.69, 9.17) is 14.2 Å². The molecule has 1 unspecified atom stereocenters. The lowest BCUT2D eigenvalue weighted by atomic mass is 10.1. The van der Waals surface area contributed by atoms with Crippen molar-refractivity contribution in [1.29, 1.82) is 0 Å². The van der Waals surface area contributed by atoms with Gasteiger partial charge < -0.3 is 19.5 Å². The van der Waals surface area contributed by atoms with Gasteiger partial charge in [-0.25, -0.2) is 13.6 Å². The number of fused-ring (bicyclic) bond motifs is 1. The zero-order chi connectivity index (χ0) is 22.3. The first-order chi connectivity index (χ1) is 14.8. The molecule has 0 bridgehead atoms. The Morgan fingerprint density at radius 3 is 2.61 bits per heavy atom. The molecule has 0 radical (unpaired) electrons. The fourth-order valence-electron chi connectivity index (χ4n) is 3.85. The fourth-order valence-corrected chi connectivity index (χ4v) is 3.85. The number of methoxy groups -OCH3 is 2. The molecular formula is C21H18F2N2O6. The maximum atomic E-state index is 13.9. The minimum absolute atomic E-state index is 0.0423. The molecule has 2 aromatic rings. The number of benzene rings is 2. The number of carbonyl (C=O) groups excluding carboxylic acids is 3. The van der Waals surface area contributed by atoms with Gasteiger partial charge in [0.1, 0.15) is 23.2 Å². The molecule has 10 heteroatoms. The van der Waals surface area contributed by atoms with Gasteiger partial charge in [0.05, 0.1) is 19.9 Å². The van der Waals surface area contributed by atoms with E-state index >= 15 is 0 Å². The van der Waals surface area contributed by atoms with Crippen molar-refractivity contribution >= 4 is 23.5 Å². The van der Waals surface area contributed by atoms with Gasteiger partial charge in [-0.1, -0.05) is 0 Å². The summed E-state index contributed by atoms with van der Waals surface area (Å²) in [6.07, 6.45) is -0.962. The summed E-state index contributed by atoms with van der Waals surface area (Å²) < 4.78 is 43.0. The maximum absolute atomic E-state index is 13.9. The number of likely N-dealkylation sites (tertiary alicyclic amines) is 1. The van der Waals surface area contributed by atoms with Crippen molar-refractivity contribution in [2.75, 3.05) is 19.5 Å². The minimum atomic E-state index is -1.15. The fraction of sp³-hybridized carbons (Fsp3) is 0.286. The molecule has 2 aromatic carbocycles. The summed E-state index contributed by atoms with van der Waals surface area (Å²) in [7, 11) is 2.79. The number of ether oxygens (including phenoxy) is 3. The van der Waals surface area contributed by atoms with Crippen LogP contribution in [-0.2, 0) is 14.3 Å². The molecule has 1 N–H and O–H groups in total. The average Bonchev–Trinajstić information content (AvgIpc) is 3.29. The number of nitrogens with one attached hydrogen (secondary N) is 1. The number of hydrogen-bond donors (Lipinski definition) is 1. The second-order valence-corrected chi connectivity index (χ2v) is 6.99. The Morgan fingerprint density at radius 2 is 1.94 bits per heavy atom. The highest BCUT2D eigenvalue weighted by Crippen LogP contribution is 2.45. The Morgan fingerprint density at radius 1 is 1.16 bits per heavy atom. The van der Waals surface area contributed by atoms with Crippen LogP contribution in [0.15, 0.2) is 30.3 Å². The molecule has 1 fully saturated rings. The van der Waals surface area contributed by atoms with E-state index in [2.05, 4.69) is 5.32 Å². The van der Waals surface area contributed by atoms with E-state index in [0.717, 1.165) is 17.0 Å². The van der Waals surface area contributed by atoms with Crippen molar-refractivity contribution in [1.82, 2.24) is 4.90 Å². The van der Waals surface area contributed by atoms with E-state index in [1.165, 1.54) is 14.2 Å². The van der Waals surface area contributed by atoms with Crippen LogP contribution < -0.4 is 14.8 Å². The van der Waals surface area contributed by atoms with Gasteiger partial charge >= 0.3 is 5.97 Å². The minimum Gasteiger partial charge on any atom is -0.493 e. The second-order valence-electron chi connectivity index (χ2n) is 6.99. The largest absolute Gasteiger partial charge is 0.493 e. The molecule has 2 aliphatic heterocycles. The van der Waals surface area contributed by atoms with Gasteiger partial charge in [0.25, 0.3) is 0 Å². The molecule has 8 nitrogen and oxygen atoms in total. The number of halogens is 2. The van der Waals surface area contributed by atoms with Crippen LogP contribution in [0.3, 0.4) is 0 Å². The van der Waals surface area contributed by atoms with Crippen molar-refractivity contribution in [3.8, 4) is 11.5 Å². The Hall–Kier alpha value is -3.69. The van der Waals surface area contributed by atoms with Gasteiger partial charge in [-0.2, -0.15) is 0 Å². The van der Waals surface area contributed by atoms with Gasteiger partial charge in [-0.3, -0.25) is 14.5 Å². The topological polar surface area (TPSA) is 94.2 Å². The SMILES string of the molecule is COc1ccc2c(c1OC)C(=O)OC2N1C(=O)CC[C@H]1C(=O)Nc1ccc(F)cc1F. The lowest BCUT2D eigenvalue weighted by Crippen LogP contribution is -2.44. The smallest absolute Gasteiger partial charge is 0.344 e. The molecular weight excluding hydrogens is 414 g/mol. The molecule has 0 aliphatic carbocycles. The molecule has 2 aliphatic rings. The molecule has 0 spiro atoms. The third-order valence-corrected chi connectivity index (χ3v) is 5.27. The van der Waals surface area contributed by atoms with Crippen LogP contribution >= 0.6 is 0 Å². The van der Waals surface area contributed by atoms with Gasteiger partial charge in [0, 0.05) is 18.1 Å². The highest BCUT2D eigenvalue weighted by molar-refractivity contribution is 6.01. The van der Waals surface area contributed by atoms with E-state index in [1.54, 1.807) is 12.1 Å². The van der Waals surface area contributed by atoms with Crippen LogP contribution in [0.4, 0.5) is 14.5 Å². The summed E-state index contributed by atoms with van der Waals surface area (Å²) in [5, 5.41) is 2.37. The number of amides is 2. The van der Waals surface area contributed by atoms with E-state index < -0.39 is 41.7 Å². The van der Waals surface area contributed by atoms with Gasteiger partial charge in [-0.05, 0) is 30.7 Å². The molecule has 1 saturated heterocycles. The van der Waals surface area contributed by atoms with Gasteiger partial charge in [0.2, 0.25) is 18.0 Å². The molecule has 2 amide bonds. The van der Waals surface area contributed by atoms with E-state index in [0.29, 0.717) is 17.4 Å². The molecule has 0 saturated carbocycles. The van der Waals surface area contributed by atoms with Crippen LogP contribution in [0.1, 0.15) is 35.0 Å². The maximum Gasteiger partial charge on any atom is 0.344 e. The Bertz CT molecular complexity index is 1090. The van der Waals surface area contributed by atoms with Gasteiger partial charge in [-0.15, -0.1) is 0 Å². The molecule has 31 heavy (non-hydrogen) atoms. The van der Waals surface area contributed by atoms with Crippen LogP contribution in [0.25, 0.3) is 0 Å². The van der Waals surface area contributed by atoms with Crippen molar-refractivity contribution < 1.29 is 37.4 Å². The van der Waals surface area contributed by atoms with Crippen LogP contribution in [0, 0.1) is 11.6 Å². The predicted octanol–water partition coefficient (Wildman–Crippen LogP) is 2.78. The highest BCUT2D eigenvalue weighted by atomic mass is 19.1. The predicted molar refractivity (Wildman–Crippen MR) is 103 cm³/mol. The summed E-state index contributed by atoms with van der Waals surface area (Å²) in [5.74, 6) is -3.06. The molecule has 2 atom stereocenters. The zero-order valence-corrected chi connectivity index (χ0v) is 16.6. The third kappa shape index (κ3) is 3.43. The Balaban J connectivity index is 1.65. The van der Waals surface area contributed by atoms with Gasteiger partial charge in [0.15, 0.2) is 11.5 Å². The summed E-state index contributed by atoms with van der Waals surface area (Å²) in [6.45, 7) is 0. The molecule has 162 valence electrons. The Labute approximate surface area is 175 Å². The lowest BCUT2D eigenvalue weighted by molar-refractivity contribution is -0.144. The van der Waals surface area contributed by atoms with Crippen LogP contribution in [-0.4, -0.2) is 42.9 Å². The Kier molecular flexibility index (Phi) is 5.22. The van der Waals surface area contributed by atoms with E-state index in [9.17, 15) is 23.2 Å². The number of rotatable bonds is 5. The van der Waals surface area contributed by atoms with Crippen molar-refractivity contribution in [2.24, 2.45) is 0 Å². The lowest BCUT2D eigenvalue weighted by Gasteiger charge is -2.29. The summed E-state index contributed by atoms with van der Waals surface area (Å²) >= 11 is 0. The molecule has 0 aromatic heterocycles. The first kappa shape index (κ1) is 20.6. The normalized spacial score (nSPS) is 19.8. The number of anilines is 1. The summed E-state index contributed by atoms with van der Waals surface area (Å²) in [6, 6.07) is 4.84. The van der Waals surface area contributed by atoms with Crippen molar-refractivity contribution in [3.63, 3.8) is 0 Å². The number of nitrogens with zero attached hydrogens (tertiary/aromatic N) is 1. The quantitative estimate of drug-likeness (QED) is 0.731. The van der Waals surface area contributed by atoms with Crippen LogP contribution in [0.5, 0.6) is 11.5 Å². The van der Waals surface area contributed by atoms with Crippen molar-refractivity contribution in [3.05, 3.63) is 53.1 Å². The number of cyclic esters (lactones) is 1. The first-order valence-electron chi connectivity index (χ1n) is 9.38. The second kappa shape index (κ2) is 7.86. The standard InChI is InChI=1S/C21H18F2N2O6/c1-29-15-7-4-11-17(18(15)30-2)21(28)31-20(11)25-14(6-8-16(25)26)19(27)24-13-5-3-10(22)9-12(13)23/h3-5,7,9,14,20H,6,8H2,1-2H3,(H,24,27)/t14-,20?/m0/s1. The summed E-state index contributed by atoms with van der Waals surface area (Å²) in [4.78, 5) is 39.1.